The molecule has 1 unspecified atom stereocenters. The predicted octanol–water partition coefficient (Wildman–Crippen LogP) is 5.77. The van der Waals surface area contributed by atoms with E-state index in [1.807, 2.05) is 4.72 Å². The van der Waals surface area contributed by atoms with E-state index >= 15 is 0 Å². The second-order valence-corrected chi connectivity index (χ2v) is 7.77. The third kappa shape index (κ3) is 4.35. The minimum atomic E-state index is -4.86. The molecule has 11 heteroatoms. The van der Waals surface area contributed by atoms with Gasteiger partial charge in [-0.1, -0.05) is 23.2 Å². The lowest BCUT2D eigenvalue weighted by Gasteiger charge is -2.10. The summed E-state index contributed by atoms with van der Waals surface area (Å²) in [5.74, 6) is 0. The Kier molecular flexibility index (Phi) is 5.52. The summed E-state index contributed by atoms with van der Waals surface area (Å²) in [6, 6.07) is 7.56. The zero-order chi connectivity index (χ0) is 18.9. The minimum absolute atomic E-state index is 0.00854. The van der Waals surface area contributed by atoms with E-state index in [9.17, 15) is 17.4 Å². The van der Waals surface area contributed by atoms with E-state index in [-0.39, 0.29) is 10.7 Å². The summed E-state index contributed by atoms with van der Waals surface area (Å²) < 4.78 is 50.0. The zero-order valence-corrected chi connectivity index (χ0v) is 15.7. The average molecular weight is 438 g/mol. The normalized spacial score (nSPS) is 12.8. The van der Waals surface area contributed by atoms with E-state index in [1.165, 1.54) is 29.5 Å². The summed E-state index contributed by atoms with van der Waals surface area (Å²) in [5.41, 5.74) is -2.98. The van der Waals surface area contributed by atoms with Gasteiger partial charge in [0.15, 0.2) is 0 Å². The fraction of sp³-hybridized carbons (Fsp3) is 0.0667. The summed E-state index contributed by atoms with van der Waals surface area (Å²) in [7, 11) is -3.21. The fourth-order valence-electron chi connectivity index (χ4n) is 2.02. The van der Waals surface area contributed by atoms with Crippen LogP contribution in [0.25, 0.3) is 21.8 Å². The molecule has 0 saturated carbocycles. The highest BCUT2D eigenvalue weighted by Crippen LogP contribution is 2.35. The lowest BCUT2D eigenvalue weighted by Crippen LogP contribution is -2.22. The number of alkyl halides is 3. The smallest absolute Gasteiger partial charge is 0.298 e. The largest absolute Gasteiger partial charge is 0.490 e. The number of benzene rings is 1. The zero-order valence-electron chi connectivity index (χ0n) is 12.6. The summed E-state index contributed by atoms with van der Waals surface area (Å²) in [4.78, 5) is 8.37. The van der Waals surface area contributed by atoms with E-state index in [0.717, 1.165) is 5.56 Å². The lowest BCUT2D eigenvalue weighted by molar-refractivity contribution is -0.0379. The first-order valence-electron chi connectivity index (χ1n) is 6.86. The third-order valence-electron chi connectivity index (χ3n) is 3.14. The van der Waals surface area contributed by atoms with Crippen molar-refractivity contribution in [1.29, 1.82) is 0 Å². The molecule has 136 valence electrons. The molecule has 0 saturated heterocycles. The summed E-state index contributed by atoms with van der Waals surface area (Å²) in [6.07, 6.45) is 1.56. The number of rotatable bonds is 4. The molecule has 0 amide bonds. The van der Waals surface area contributed by atoms with E-state index in [1.54, 1.807) is 23.7 Å². The van der Waals surface area contributed by atoms with Crippen molar-refractivity contribution < 1.29 is 17.4 Å². The van der Waals surface area contributed by atoms with Crippen LogP contribution in [0.4, 0.5) is 18.9 Å². The van der Waals surface area contributed by atoms with Gasteiger partial charge in [0.05, 0.1) is 10.7 Å². The van der Waals surface area contributed by atoms with Gasteiger partial charge in [-0.2, -0.15) is 13.2 Å². The first-order chi connectivity index (χ1) is 12.2. The van der Waals surface area contributed by atoms with Crippen molar-refractivity contribution in [3.63, 3.8) is 0 Å². The van der Waals surface area contributed by atoms with Crippen LogP contribution < -0.4 is 4.72 Å². The van der Waals surface area contributed by atoms with E-state index in [4.69, 9.17) is 23.2 Å². The molecule has 1 N–H and O–H groups in total. The fourth-order valence-corrected chi connectivity index (χ4v) is 3.74. The molecule has 3 rings (SSSR count). The van der Waals surface area contributed by atoms with Crippen LogP contribution in [0.15, 0.2) is 41.9 Å². The Morgan fingerprint density at radius 1 is 1.15 bits per heavy atom. The number of hydrogen-bond acceptors (Lipinski definition) is 4. The Labute approximate surface area is 162 Å². The van der Waals surface area contributed by atoms with Gasteiger partial charge in [-0.3, -0.25) is 4.72 Å². The summed E-state index contributed by atoms with van der Waals surface area (Å²) in [5, 5.41) is 2.98. The van der Waals surface area contributed by atoms with Crippen LogP contribution in [0, 0.1) is 0 Å². The number of thiazole rings is 1. The molecule has 3 aromatic rings. The molecule has 0 aliphatic carbocycles. The van der Waals surface area contributed by atoms with Gasteiger partial charge < -0.3 is 0 Å². The molecule has 1 aromatic carbocycles. The second kappa shape index (κ2) is 7.51. The van der Waals surface area contributed by atoms with Gasteiger partial charge in [-0.25, -0.2) is 14.2 Å². The van der Waals surface area contributed by atoms with E-state index in [2.05, 4.69) is 9.97 Å². The minimum Gasteiger partial charge on any atom is -0.298 e. The number of aromatic nitrogens is 2. The molecule has 1 atom stereocenters. The second-order valence-electron chi connectivity index (χ2n) is 4.92. The highest BCUT2D eigenvalue weighted by atomic mass is 35.5. The van der Waals surface area contributed by atoms with Crippen molar-refractivity contribution in [2.45, 2.75) is 5.51 Å². The van der Waals surface area contributed by atoms with Crippen LogP contribution in [0.2, 0.25) is 10.2 Å². The van der Waals surface area contributed by atoms with Gasteiger partial charge in [-0.05, 0) is 30.3 Å². The monoisotopic (exact) mass is 437 g/mol. The van der Waals surface area contributed by atoms with Crippen LogP contribution in [0.5, 0.6) is 0 Å². The highest BCUT2D eigenvalue weighted by molar-refractivity contribution is 7.87. The SMILES string of the molecule is O=S(Nc1ccc(-c2csc(-c3ccnc(Cl)c3)n2)c(Cl)c1)C(F)(F)F. The number of anilines is 1. The Bertz CT molecular complexity index is 979. The predicted molar refractivity (Wildman–Crippen MR) is 98.6 cm³/mol. The van der Waals surface area contributed by atoms with Crippen LogP contribution in [0.3, 0.4) is 0 Å². The number of hydrogen-bond donors (Lipinski definition) is 1. The Balaban J connectivity index is 1.86. The highest BCUT2D eigenvalue weighted by Gasteiger charge is 2.37. The maximum Gasteiger partial charge on any atom is 0.490 e. The average Bonchev–Trinajstić information content (AvgIpc) is 3.04. The van der Waals surface area contributed by atoms with Crippen molar-refractivity contribution in [3.05, 3.63) is 52.1 Å². The van der Waals surface area contributed by atoms with Gasteiger partial charge in [0.25, 0.3) is 0 Å². The molecule has 0 fully saturated rings. The Morgan fingerprint density at radius 3 is 2.58 bits per heavy atom. The van der Waals surface area contributed by atoms with Crippen molar-refractivity contribution >= 4 is 51.2 Å². The molecule has 0 aliphatic heterocycles. The summed E-state index contributed by atoms with van der Waals surface area (Å²) >= 11 is 13.4. The molecular formula is C15H8Cl2F3N3OS2. The number of nitrogens with one attached hydrogen (secondary N) is 1. The molecule has 0 bridgehead atoms. The molecule has 26 heavy (non-hydrogen) atoms. The first-order valence-corrected chi connectivity index (χ1v) is 9.65. The van der Waals surface area contributed by atoms with Crippen molar-refractivity contribution in [3.8, 4) is 21.8 Å². The topological polar surface area (TPSA) is 54.9 Å². The molecule has 0 radical (unpaired) electrons. The van der Waals surface area contributed by atoms with Gasteiger partial charge >= 0.3 is 5.51 Å². The maximum atomic E-state index is 12.4. The Hall–Kier alpha value is -1.68. The number of pyridine rings is 1. The van der Waals surface area contributed by atoms with Gasteiger partial charge in [0, 0.05) is 28.4 Å². The third-order valence-corrected chi connectivity index (χ3v) is 5.40. The van der Waals surface area contributed by atoms with Gasteiger partial charge in [0.1, 0.15) is 10.2 Å². The van der Waals surface area contributed by atoms with E-state index < -0.39 is 16.5 Å². The van der Waals surface area contributed by atoms with Crippen LogP contribution in [0.1, 0.15) is 0 Å². The van der Waals surface area contributed by atoms with Crippen LogP contribution in [-0.4, -0.2) is 19.7 Å². The van der Waals surface area contributed by atoms with Crippen molar-refractivity contribution in [2.75, 3.05) is 4.72 Å². The van der Waals surface area contributed by atoms with Crippen molar-refractivity contribution in [1.82, 2.24) is 9.97 Å². The molecule has 0 spiro atoms. The first kappa shape index (κ1) is 19.1. The number of nitrogens with zero attached hydrogens (tertiary/aromatic N) is 2. The molecular weight excluding hydrogens is 430 g/mol. The number of halogens is 5. The molecule has 0 aliphatic rings. The van der Waals surface area contributed by atoms with Crippen LogP contribution >= 0.6 is 34.5 Å². The van der Waals surface area contributed by atoms with Crippen molar-refractivity contribution in [2.24, 2.45) is 0 Å². The van der Waals surface area contributed by atoms with Gasteiger partial charge in [-0.15, -0.1) is 11.3 Å². The molecule has 2 aromatic heterocycles. The summed E-state index contributed by atoms with van der Waals surface area (Å²) in [6.45, 7) is 0. The molecule has 4 nitrogen and oxygen atoms in total. The van der Waals surface area contributed by atoms with Gasteiger partial charge in [0.2, 0.25) is 11.0 Å². The standard InChI is InChI=1S/C15H8Cl2F3N3OS2/c16-11-6-9(23-26(24)15(18,19)20)1-2-10(11)12-7-25-14(22-12)8-3-4-21-13(17)5-8/h1-7,23H. The quantitative estimate of drug-likeness (QED) is 0.526. The maximum absolute atomic E-state index is 12.4. The Morgan fingerprint density at radius 2 is 1.92 bits per heavy atom. The van der Waals surface area contributed by atoms with Crippen LogP contribution in [-0.2, 0) is 11.0 Å². The molecule has 2 heterocycles. The van der Waals surface area contributed by atoms with E-state index in [0.29, 0.717) is 21.4 Å². The lowest BCUT2D eigenvalue weighted by atomic mass is 10.1.